The first-order chi connectivity index (χ1) is 10.1. The van der Waals surface area contributed by atoms with Crippen molar-refractivity contribution in [2.45, 2.75) is 31.5 Å². The highest BCUT2D eigenvalue weighted by Gasteiger charge is 2.11. The van der Waals surface area contributed by atoms with Crippen LogP contribution >= 0.6 is 34.7 Å². The van der Waals surface area contributed by atoms with Crippen molar-refractivity contribution in [2.75, 3.05) is 23.4 Å². The van der Waals surface area contributed by atoms with Crippen LogP contribution in [0.4, 0.5) is 11.6 Å². The summed E-state index contributed by atoms with van der Waals surface area (Å²) in [6.45, 7) is 5.13. The van der Waals surface area contributed by atoms with Crippen LogP contribution in [-0.2, 0) is 0 Å². The lowest BCUT2D eigenvalue weighted by Crippen LogP contribution is -2.09. The molecule has 0 fully saturated rings. The summed E-state index contributed by atoms with van der Waals surface area (Å²) in [5, 5.41) is 7.47. The average molecular weight is 343 g/mol. The maximum atomic E-state index is 5.99. The fourth-order valence-corrected chi connectivity index (χ4v) is 3.23. The van der Waals surface area contributed by atoms with E-state index in [1.165, 1.54) is 16.6 Å². The van der Waals surface area contributed by atoms with Gasteiger partial charge in [0.25, 0.3) is 0 Å². The molecule has 0 aliphatic heterocycles. The summed E-state index contributed by atoms with van der Waals surface area (Å²) in [7, 11) is 0. The van der Waals surface area contributed by atoms with Crippen molar-refractivity contribution >= 4 is 46.3 Å². The molecule has 0 aliphatic rings. The Hall–Kier alpha value is -0.980. The zero-order valence-corrected chi connectivity index (χ0v) is 14.7. The maximum absolute atomic E-state index is 5.99. The molecule has 4 nitrogen and oxygen atoms in total. The topological polar surface area (TPSA) is 49.8 Å². The molecule has 0 radical (unpaired) electrons. The molecule has 1 atom stereocenters. The summed E-state index contributed by atoms with van der Waals surface area (Å²) in [5.74, 6) is 1.68. The molecule has 21 heavy (non-hydrogen) atoms. The third-order valence-electron chi connectivity index (χ3n) is 2.83. The van der Waals surface area contributed by atoms with Gasteiger partial charge < -0.3 is 10.6 Å². The molecule has 2 rings (SSSR count). The third kappa shape index (κ3) is 4.76. The first kappa shape index (κ1) is 16.4. The molecule has 7 heteroatoms. The molecular formula is C14H19ClN4S2. The van der Waals surface area contributed by atoms with Crippen LogP contribution in [0, 0.1) is 0 Å². The van der Waals surface area contributed by atoms with E-state index >= 15 is 0 Å². The Labute approximate surface area is 138 Å². The molecule has 114 valence electrons. The maximum Gasteiger partial charge on any atom is 0.191 e. The van der Waals surface area contributed by atoms with Crippen molar-refractivity contribution in [1.29, 1.82) is 0 Å². The predicted octanol–water partition coefficient (Wildman–Crippen LogP) is 4.91. The van der Waals surface area contributed by atoms with E-state index in [0.717, 1.165) is 34.1 Å². The zero-order chi connectivity index (χ0) is 15.2. The molecule has 2 aromatic rings. The minimum atomic E-state index is 0.158. The first-order valence-corrected chi connectivity index (χ1v) is 9.23. The number of nitrogens with one attached hydrogen (secondary N) is 2. The van der Waals surface area contributed by atoms with Gasteiger partial charge in [-0.3, -0.25) is 0 Å². The number of rotatable bonds is 7. The largest absolute Gasteiger partial charge is 0.370 e. The van der Waals surface area contributed by atoms with Crippen LogP contribution in [0.25, 0.3) is 0 Å². The predicted molar refractivity (Wildman–Crippen MR) is 94.0 cm³/mol. The Morgan fingerprint density at radius 2 is 2.10 bits per heavy atom. The van der Waals surface area contributed by atoms with Gasteiger partial charge in [-0.1, -0.05) is 30.3 Å². The number of anilines is 2. The standard InChI is InChI=1S/C14H19ClN4S2/c1-4-7-16-12-8-13(19-14(18-12)20-3)17-9(2)10-5-6-11(15)21-10/h5-6,8-9H,4,7H2,1-3H3,(H2,16,17,18,19). The number of aromatic nitrogens is 2. The molecule has 2 N–H and O–H groups in total. The second-order valence-electron chi connectivity index (χ2n) is 4.56. The number of nitrogens with zero attached hydrogens (tertiary/aromatic N) is 2. The first-order valence-electron chi connectivity index (χ1n) is 6.81. The Bertz CT molecular complexity index is 588. The van der Waals surface area contributed by atoms with E-state index < -0.39 is 0 Å². The lowest BCUT2D eigenvalue weighted by molar-refractivity contribution is 0.868. The van der Waals surface area contributed by atoms with Gasteiger partial charge in [-0.25, -0.2) is 9.97 Å². The summed E-state index contributed by atoms with van der Waals surface area (Å²) in [4.78, 5) is 10.1. The summed E-state index contributed by atoms with van der Waals surface area (Å²) in [5.41, 5.74) is 0. The minimum absolute atomic E-state index is 0.158. The van der Waals surface area contributed by atoms with E-state index in [1.807, 2.05) is 24.5 Å². The molecule has 0 aliphatic carbocycles. The monoisotopic (exact) mass is 342 g/mol. The fourth-order valence-electron chi connectivity index (χ4n) is 1.79. The molecule has 0 saturated carbocycles. The van der Waals surface area contributed by atoms with E-state index in [2.05, 4.69) is 34.4 Å². The number of thiophene rings is 1. The van der Waals surface area contributed by atoms with Crippen molar-refractivity contribution in [2.24, 2.45) is 0 Å². The molecule has 0 bridgehead atoms. The Morgan fingerprint density at radius 1 is 1.33 bits per heavy atom. The zero-order valence-electron chi connectivity index (χ0n) is 12.3. The summed E-state index contributed by atoms with van der Waals surface area (Å²) in [6.07, 6.45) is 3.04. The second kappa shape index (κ2) is 7.87. The van der Waals surface area contributed by atoms with Crippen molar-refractivity contribution < 1.29 is 0 Å². The minimum Gasteiger partial charge on any atom is -0.370 e. The highest BCUT2D eigenvalue weighted by Crippen LogP contribution is 2.29. The molecule has 0 amide bonds. The van der Waals surface area contributed by atoms with Gasteiger partial charge in [0.2, 0.25) is 0 Å². The Kier molecular flexibility index (Phi) is 6.14. The van der Waals surface area contributed by atoms with Crippen LogP contribution in [0.2, 0.25) is 4.34 Å². The average Bonchev–Trinajstić information content (AvgIpc) is 2.91. The molecular weight excluding hydrogens is 324 g/mol. The van der Waals surface area contributed by atoms with E-state index in [9.17, 15) is 0 Å². The van der Waals surface area contributed by atoms with Crippen molar-refractivity contribution in [3.63, 3.8) is 0 Å². The Balaban J connectivity index is 2.14. The molecule has 1 unspecified atom stereocenters. The van der Waals surface area contributed by atoms with Gasteiger partial charge in [-0.15, -0.1) is 11.3 Å². The third-order valence-corrected chi connectivity index (χ3v) is 4.79. The summed E-state index contributed by atoms with van der Waals surface area (Å²) < 4.78 is 0.802. The van der Waals surface area contributed by atoms with E-state index in [0.29, 0.717) is 0 Å². The van der Waals surface area contributed by atoms with Crippen molar-refractivity contribution in [1.82, 2.24) is 9.97 Å². The highest BCUT2D eigenvalue weighted by atomic mass is 35.5. The van der Waals surface area contributed by atoms with Crippen molar-refractivity contribution in [3.05, 3.63) is 27.4 Å². The van der Waals surface area contributed by atoms with Crippen LogP contribution < -0.4 is 10.6 Å². The van der Waals surface area contributed by atoms with Gasteiger partial charge in [-0.2, -0.15) is 0 Å². The summed E-state index contributed by atoms with van der Waals surface area (Å²) >= 11 is 9.11. The van der Waals surface area contributed by atoms with Crippen LogP contribution in [0.1, 0.15) is 31.2 Å². The highest BCUT2D eigenvalue weighted by molar-refractivity contribution is 7.98. The molecule has 0 aromatic carbocycles. The van der Waals surface area contributed by atoms with Crippen molar-refractivity contribution in [3.8, 4) is 0 Å². The lowest BCUT2D eigenvalue weighted by Gasteiger charge is -2.14. The smallest absolute Gasteiger partial charge is 0.191 e. The van der Waals surface area contributed by atoms with Crippen LogP contribution in [0.5, 0.6) is 0 Å². The van der Waals surface area contributed by atoms with Gasteiger partial charge >= 0.3 is 0 Å². The second-order valence-corrected chi connectivity index (χ2v) is 7.08. The van der Waals surface area contributed by atoms with Crippen LogP contribution in [0.15, 0.2) is 23.4 Å². The van der Waals surface area contributed by atoms with E-state index in [4.69, 9.17) is 11.6 Å². The molecule has 0 saturated heterocycles. The molecule has 2 heterocycles. The van der Waals surface area contributed by atoms with Crippen LogP contribution in [-0.4, -0.2) is 22.8 Å². The molecule has 0 spiro atoms. The van der Waals surface area contributed by atoms with Gasteiger partial charge in [0, 0.05) is 17.5 Å². The number of thioether (sulfide) groups is 1. The lowest BCUT2D eigenvalue weighted by atomic mass is 10.3. The van der Waals surface area contributed by atoms with E-state index in [-0.39, 0.29) is 6.04 Å². The van der Waals surface area contributed by atoms with E-state index in [1.54, 1.807) is 11.3 Å². The SMILES string of the molecule is CCCNc1cc(NC(C)c2ccc(Cl)s2)nc(SC)n1. The number of hydrogen-bond donors (Lipinski definition) is 2. The number of hydrogen-bond acceptors (Lipinski definition) is 6. The quantitative estimate of drug-likeness (QED) is 0.553. The van der Waals surface area contributed by atoms with Gasteiger partial charge in [0.1, 0.15) is 11.6 Å². The normalized spacial score (nSPS) is 12.2. The van der Waals surface area contributed by atoms with Crippen LogP contribution in [0.3, 0.4) is 0 Å². The van der Waals surface area contributed by atoms with Gasteiger partial charge in [0.05, 0.1) is 10.4 Å². The Morgan fingerprint density at radius 3 is 2.71 bits per heavy atom. The number of halogens is 1. The van der Waals surface area contributed by atoms with Gasteiger partial charge in [0.15, 0.2) is 5.16 Å². The summed E-state index contributed by atoms with van der Waals surface area (Å²) in [6, 6.07) is 6.06. The fraction of sp³-hybridized carbons (Fsp3) is 0.429. The van der Waals surface area contributed by atoms with Gasteiger partial charge in [-0.05, 0) is 31.7 Å². The molecule has 2 aromatic heterocycles.